The molecule has 5 N–H and O–H groups in total. The smallest absolute Gasteiger partial charge is 0.262 e. The van der Waals surface area contributed by atoms with Crippen LogP contribution in [0.1, 0.15) is 5.69 Å². The van der Waals surface area contributed by atoms with Crippen LogP contribution < -0.4 is 21.9 Å². The van der Waals surface area contributed by atoms with E-state index in [1.54, 1.807) is 18.3 Å². The van der Waals surface area contributed by atoms with E-state index in [4.69, 9.17) is 5.73 Å². The van der Waals surface area contributed by atoms with Crippen molar-refractivity contribution in [3.63, 3.8) is 0 Å². The number of allylic oxidation sites excluding steroid dienone is 1. The van der Waals surface area contributed by atoms with E-state index in [0.29, 0.717) is 28.2 Å². The van der Waals surface area contributed by atoms with Gasteiger partial charge in [-0.25, -0.2) is 9.98 Å². The first-order valence-electron chi connectivity index (χ1n) is 10.6. The van der Waals surface area contributed by atoms with Crippen molar-refractivity contribution in [2.75, 3.05) is 17.2 Å². The molecule has 34 heavy (non-hydrogen) atoms. The molecule has 3 heterocycles. The van der Waals surface area contributed by atoms with Crippen LogP contribution in [-0.2, 0) is 13.6 Å². The van der Waals surface area contributed by atoms with Crippen LogP contribution >= 0.6 is 0 Å². The molecule has 3 aromatic heterocycles. The molecule has 10 heteroatoms. The summed E-state index contributed by atoms with van der Waals surface area (Å²) in [5.74, 6) is 1.17. The number of aliphatic imine (C=N–C) groups is 1. The largest absolute Gasteiger partial charge is 0.402 e. The van der Waals surface area contributed by atoms with E-state index in [0.717, 1.165) is 22.3 Å². The fourth-order valence-corrected chi connectivity index (χ4v) is 3.67. The molecule has 174 valence electrons. The third-order valence-electron chi connectivity index (χ3n) is 5.43. The maximum absolute atomic E-state index is 13.2. The van der Waals surface area contributed by atoms with Gasteiger partial charge in [0, 0.05) is 49.0 Å². The second kappa shape index (κ2) is 9.59. The maximum atomic E-state index is 13.2. The highest BCUT2D eigenvalue weighted by atomic mass is 16.3. The topological polar surface area (TPSA) is 135 Å². The Balaban J connectivity index is 1.84. The Morgan fingerprint density at radius 3 is 2.88 bits per heavy atom. The van der Waals surface area contributed by atoms with E-state index in [9.17, 15) is 9.90 Å². The van der Waals surface area contributed by atoms with E-state index in [2.05, 4.69) is 32.3 Å². The molecule has 0 saturated heterocycles. The normalized spacial score (nSPS) is 12.0. The van der Waals surface area contributed by atoms with Crippen LogP contribution in [0.2, 0.25) is 0 Å². The molecule has 0 aliphatic carbocycles. The molecular weight excluding hydrogens is 432 g/mol. The zero-order valence-corrected chi connectivity index (χ0v) is 19.0. The summed E-state index contributed by atoms with van der Waals surface area (Å²) in [5.41, 5.74) is 8.03. The SMILES string of the molecule is C=CC=N/C(=C\N)Nc1cc2ccn(CCO)c(=O)c2c(Nc2ccc3c(C)n(C)nc3c2)n1. The molecular formula is C24H26N8O2. The monoisotopic (exact) mass is 458 g/mol. The van der Waals surface area contributed by atoms with Crippen molar-refractivity contribution in [2.24, 2.45) is 17.8 Å². The molecule has 0 amide bonds. The van der Waals surface area contributed by atoms with Crippen molar-refractivity contribution >= 4 is 45.2 Å². The van der Waals surface area contributed by atoms with Gasteiger partial charge >= 0.3 is 0 Å². The van der Waals surface area contributed by atoms with Crippen molar-refractivity contribution in [2.45, 2.75) is 13.5 Å². The molecule has 0 saturated carbocycles. The first-order valence-corrected chi connectivity index (χ1v) is 10.6. The highest BCUT2D eigenvalue weighted by Crippen LogP contribution is 2.28. The van der Waals surface area contributed by atoms with Gasteiger partial charge in [-0.3, -0.25) is 9.48 Å². The minimum atomic E-state index is -0.262. The van der Waals surface area contributed by atoms with E-state index in [-0.39, 0.29) is 18.7 Å². The summed E-state index contributed by atoms with van der Waals surface area (Å²) in [5, 5.41) is 22.3. The molecule has 0 fully saturated rings. The van der Waals surface area contributed by atoms with Crippen molar-refractivity contribution in [1.82, 2.24) is 19.3 Å². The van der Waals surface area contributed by atoms with Crippen molar-refractivity contribution < 1.29 is 5.11 Å². The first kappa shape index (κ1) is 22.7. The van der Waals surface area contributed by atoms with E-state index < -0.39 is 0 Å². The summed E-state index contributed by atoms with van der Waals surface area (Å²) in [6.45, 7) is 5.65. The number of pyridine rings is 2. The highest BCUT2D eigenvalue weighted by molar-refractivity contribution is 5.95. The third-order valence-corrected chi connectivity index (χ3v) is 5.43. The number of rotatable bonds is 8. The number of aliphatic hydroxyl groups is 1. The molecule has 0 aliphatic heterocycles. The lowest BCUT2D eigenvalue weighted by atomic mass is 10.1. The molecule has 0 atom stereocenters. The number of anilines is 3. The Bertz CT molecular complexity index is 1500. The summed E-state index contributed by atoms with van der Waals surface area (Å²) >= 11 is 0. The van der Waals surface area contributed by atoms with Crippen LogP contribution in [0.5, 0.6) is 0 Å². The summed E-state index contributed by atoms with van der Waals surface area (Å²) in [4.78, 5) is 22.0. The zero-order valence-electron chi connectivity index (χ0n) is 19.0. The van der Waals surface area contributed by atoms with Gasteiger partial charge in [0.15, 0.2) is 0 Å². The van der Waals surface area contributed by atoms with Gasteiger partial charge in [-0.05, 0) is 42.6 Å². The molecule has 0 bridgehead atoms. The summed E-state index contributed by atoms with van der Waals surface area (Å²) in [6, 6.07) is 9.34. The van der Waals surface area contributed by atoms with Gasteiger partial charge in [0.05, 0.1) is 17.5 Å². The molecule has 0 unspecified atom stereocenters. The Labute approximate surface area is 195 Å². The molecule has 10 nitrogen and oxygen atoms in total. The predicted molar refractivity (Wildman–Crippen MR) is 136 cm³/mol. The van der Waals surface area contributed by atoms with Gasteiger partial charge in [0.25, 0.3) is 5.56 Å². The second-order valence-corrected chi connectivity index (χ2v) is 7.61. The number of benzene rings is 1. The van der Waals surface area contributed by atoms with Crippen molar-refractivity contribution in [3.8, 4) is 0 Å². The highest BCUT2D eigenvalue weighted by Gasteiger charge is 2.14. The molecule has 1 aromatic carbocycles. The van der Waals surface area contributed by atoms with Crippen LogP contribution in [0, 0.1) is 6.92 Å². The number of hydrogen-bond donors (Lipinski definition) is 4. The number of aromatic nitrogens is 4. The number of aryl methyl sites for hydroxylation is 2. The summed E-state index contributed by atoms with van der Waals surface area (Å²) < 4.78 is 3.28. The van der Waals surface area contributed by atoms with E-state index in [1.165, 1.54) is 23.1 Å². The average Bonchev–Trinajstić information content (AvgIpc) is 3.11. The lowest BCUT2D eigenvalue weighted by Gasteiger charge is -2.14. The fraction of sp³-hybridized carbons (Fsp3) is 0.167. The predicted octanol–water partition coefficient (Wildman–Crippen LogP) is 2.75. The quantitative estimate of drug-likeness (QED) is 0.298. The van der Waals surface area contributed by atoms with Crippen molar-refractivity contribution in [3.05, 3.63) is 77.3 Å². The van der Waals surface area contributed by atoms with Crippen LogP contribution in [-0.4, -0.2) is 37.3 Å². The molecule has 4 aromatic rings. The second-order valence-electron chi connectivity index (χ2n) is 7.61. The summed E-state index contributed by atoms with van der Waals surface area (Å²) in [7, 11) is 1.90. The van der Waals surface area contributed by atoms with Gasteiger partial charge in [-0.2, -0.15) is 5.10 Å². The Kier molecular flexibility index (Phi) is 6.42. The average molecular weight is 459 g/mol. The number of hydrogen-bond acceptors (Lipinski definition) is 8. The van der Waals surface area contributed by atoms with Crippen LogP contribution in [0.15, 0.2) is 71.0 Å². The Hall–Kier alpha value is -4.44. The zero-order chi connectivity index (χ0) is 24.2. The van der Waals surface area contributed by atoms with Crippen LogP contribution in [0.4, 0.5) is 17.3 Å². The van der Waals surface area contributed by atoms with E-state index >= 15 is 0 Å². The van der Waals surface area contributed by atoms with E-state index in [1.807, 2.05) is 36.9 Å². The van der Waals surface area contributed by atoms with Gasteiger partial charge in [-0.1, -0.05) is 12.7 Å². The van der Waals surface area contributed by atoms with Crippen LogP contribution in [0.25, 0.3) is 21.7 Å². The molecule has 0 radical (unpaired) electrons. The fourth-order valence-electron chi connectivity index (χ4n) is 3.67. The number of aliphatic hydroxyl groups excluding tert-OH is 1. The number of nitrogens with two attached hydrogens (primary N) is 1. The minimum Gasteiger partial charge on any atom is -0.402 e. The van der Waals surface area contributed by atoms with Crippen molar-refractivity contribution in [1.29, 1.82) is 0 Å². The first-order chi connectivity index (χ1) is 16.4. The molecule has 0 aliphatic rings. The third kappa shape index (κ3) is 4.39. The number of nitrogens with one attached hydrogen (secondary N) is 2. The molecule has 4 rings (SSSR count). The number of nitrogens with zero attached hydrogens (tertiary/aromatic N) is 5. The van der Waals surface area contributed by atoms with Crippen LogP contribution in [0.3, 0.4) is 0 Å². The van der Waals surface area contributed by atoms with Gasteiger partial charge in [0.1, 0.15) is 17.5 Å². The number of fused-ring (bicyclic) bond motifs is 2. The lowest BCUT2D eigenvalue weighted by molar-refractivity contribution is 0.274. The van der Waals surface area contributed by atoms with Gasteiger partial charge in [0.2, 0.25) is 0 Å². The summed E-state index contributed by atoms with van der Waals surface area (Å²) in [6.07, 6.45) is 6.00. The van der Waals surface area contributed by atoms with Gasteiger partial charge < -0.3 is 26.0 Å². The molecule has 0 spiro atoms. The minimum absolute atomic E-state index is 0.150. The lowest BCUT2D eigenvalue weighted by Crippen LogP contribution is -2.22. The van der Waals surface area contributed by atoms with Gasteiger partial charge in [-0.15, -0.1) is 0 Å². The Morgan fingerprint density at radius 2 is 2.15 bits per heavy atom. The Morgan fingerprint density at radius 1 is 1.32 bits per heavy atom. The standard InChI is InChI=1S/C24H26N8O2/c1-4-8-26-21(14-25)28-20-12-16-7-9-32(10-11-33)24(34)22(16)23(29-20)27-17-5-6-18-15(2)31(3)30-19(18)13-17/h4-9,12-14,33H,1,10-11,25H2,2-3H3,(H2,27,28,29)/b21-14+,26-8?. The maximum Gasteiger partial charge on any atom is 0.262 e.